The molecule has 2 N–H and O–H groups in total. The summed E-state index contributed by atoms with van der Waals surface area (Å²) in [7, 11) is 0. The van der Waals surface area contributed by atoms with Gasteiger partial charge >= 0.3 is 6.09 Å². The fourth-order valence-corrected chi connectivity index (χ4v) is 1.96. The number of fused-ring (bicyclic) bond motifs is 1. The van der Waals surface area contributed by atoms with Crippen LogP contribution >= 0.6 is 11.6 Å². The van der Waals surface area contributed by atoms with E-state index in [1.54, 1.807) is 12.1 Å². The molecule has 0 radical (unpaired) electrons. The summed E-state index contributed by atoms with van der Waals surface area (Å²) in [6.07, 6.45) is 0.232. The van der Waals surface area contributed by atoms with Gasteiger partial charge in [0.15, 0.2) is 5.82 Å². The van der Waals surface area contributed by atoms with Crippen LogP contribution in [-0.2, 0) is 0 Å². The highest BCUT2D eigenvalue weighted by molar-refractivity contribution is 6.28. The number of hydrogen-bond acceptors (Lipinski definition) is 4. The Balaban J connectivity index is 2.28. The number of carbonyl (C=O) groups is 1. The first-order chi connectivity index (χ1) is 9.65. The number of hydrogen-bond donors (Lipinski definition) is 2. The quantitative estimate of drug-likeness (QED) is 0.707. The standard InChI is InChI=1S/C12H8ClN5O2/c13-11-14-6-8-9(15-11)10(16-12(19)20)18(17-8)7-4-2-1-3-5-7/h1-6,16H,(H,19,20). The van der Waals surface area contributed by atoms with Gasteiger partial charge in [0.2, 0.25) is 5.28 Å². The van der Waals surface area contributed by atoms with Crippen molar-refractivity contribution in [1.82, 2.24) is 19.7 Å². The molecule has 0 atom stereocenters. The molecule has 2 heterocycles. The smallest absolute Gasteiger partial charge is 0.410 e. The lowest BCUT2D eigenvalue weighted by Crippen LogP contribution is -2.12. The van der Waals surface area contributed by atoms with E-state index in [0.717, 1.165) is 0 Å². The zero-order chi connectivity index (χ0) is 14.1. The minimum atomic E-state index is -1.21. The molecular formula is C12H8ClN5O2. The highest BCUT2D eigenvalue weighted by atomic mass is 35.5. The molecule has 7 nitrogen and oxygen atoms in total. The normalized spacial score (nSPS) is 10.7. The molecule has 0 spiro atoms. The SMILES string of the molecule is O=C(O)Nc1c2nc(Cl)ncc2nn1-c1ccccc1. The third-order valence-corrected chi connectivity index (χ3v) is 2.79. The summed E-state index contributed by atoms with van der Waals surface area (Å²) >= 11 is 5.75. The molecule has 0 aliphatic rings. The summed E-state index contributed by atoms with van der Waals surface area (Å²) < 4.78 is 1.45. The summed E-state index contributed by atoms with van der Waals surface area (Å²) in [5.41, 5.74) is 1.49. The Morgan fingerprint density at radius 3 is 2.75 bits per heavy atom. The van der Waals surface area contributed by atoms with Gasteiger partial charge in [-0.1, -0.05) is 18.2 Å². The minimum absolute atomic E-state index is 0.0264. The molecule has 0 aliphatic carbocycles. The summed E-state index contributed by atoms with van der Waals surface area (Å²) in [6, 6.07) is 9.10. The number of nitrogens with one attached hydrogen (secondary N) is 1. The van der Waals surface area contributed by atoms with E-state index >= 15 is 0 Å². The Bertz CT molecular complexity index is 787. The molecule has 8 heteroatoms. The fraction of sp³-hybridized carbons (Fsp3) is 0. The predicted molar refractivity (Wildman–Crippen MR) is 73.3 cm³/mol. The molecule has 0 unspecified atom stereocenters. The van der Waals surface area contributed by atoms with Gasteiger partial charge in [-0.2, -0.15) is 5.10 Å². The number of anilines is 1. The van der Waals surface area contributed by atoms with Gasteiger partial charge in [0, 0.05) is 0 Å². The molecule has 0 aliphatic heterocycles. The molecule has 3 rings (SSSR count). The first-order valence-corrected chi connectivity index (χ1v) is 5.99. The van der Waals surface area contributed by atoms with Crippen molar-refractivity contribution in [3.63, 3.8) is 0 Å². The van der Waals surface area contributed by atoms with Crippen LogP contribution < -0.4 is 5.32 Å². The fourth-order valence-electron chi connectivity index (χ4n) is 1.83. The van der Waals surface area contributed by atoms with Crippen LogP contribution in [0.3, 0.4) is 0 Å². The van der Waals surface area contributed by atoms with Crippen LogP contribution in [0.4, 0.5) is 10.6 Å². The van der Waals surface area contributed by atoms with Crippen LogP contribution in [-0.4, -0.2) is 30.9 Å². The molecule has 0 fully saturated rings. The first-order valence-electron chi connectivity index (χ1n) is 5.62. The summed E-state index contributed by atoms with van der Waals surface area (Å²) in [6.45, 7) is 0. The molecule has 1 amide bonds. The number of nitrogens with zero attached hydrogens (tertiary/aromatic N) is 4. The molecule has 3 aromatic rings. The number of carboxylic acid groups (broad SMARTS) is 1. The van der Waals surface area contributed by atoms with Gasteiger partial charge in [-0.3, -0.25) is 5.32 Å². The Morgan fingerprint density at radius 2 is 2.05 bits per heavy atom. The monoisotopic (exact) mass is 289 g/mol. The maximum Gasteiger partial charge on any atom is 0.410 e. The lowest BCUT2D eigenvalue weighted by molar-refractivity contribution is 0.209. The topological polar surface area (TPSA) is 92.9 Å². The van der Waals surface area contributed by atoms with Crippen molar-refractivity contribution in [2.45, 2.75) is 0 Å². The van der Waals surface area contributed by atoms with Gasteiger partial charge in [-0.25, -0.2) is 19.4 Å². The Labute approximate surface area is 117 Å². The lowest BCUT2D eigenvalue weighted by Gasteiger charge is -2.06. The second-order valence-electron chi connectivity index (χ2n) is 3.90. The van der Waals surface area contributed by atoms with Crippen molar-refractivity contribution in [2.24, 2.45) is 0 Å². The van der Waals surface area contributed by atoms with E-state index in [1.807, 2.05) is 18.2 Å². The molecule has 100 valence electrons. The van der Waals surface area contributed by atoms with E-state index in [4.69, 9.17) is 16.7 Å². The summed E-state index contributed by atoms with van der Waals surface area (Å²) in [5, 5.41) is 15.6. The van der Waals surface area contributed by atoms with Gasteiger partial charge in [-0.15, -0.1) is 0 Å². The zero-order valence-corrected chi connectivity index (χ0v) is 10.7. The molecular weight excluding hydrogens is 282 g/mol. The van der Waals surface area contributed by atoms with Crippen LogP contribution in [0, 0.1) is 0 Å². The molecule has 20 heavy (non-hydrogen) atoms. The second kappa shape index (κ2) is 4.78. The van der Waals surface area contributed by atoms with Gasteiger partial charge in [0.25, 0.3) is 0 Å². The Kier molecular flexibility index (Phi) is 2.96. The predicted octanol–water partition coefficient (Wildman–Crippen LogP) is 2.56. The van der Waals surface area contributed by atoms with Crippen molar-refractivity contribution in [2.75, 3.05) is 5.32 Å². The average molecular weight is 290 g/mol. The highest BCUT2D eigenvalue weighted by Gasteiger charge is 2.16. The van der Waals surface area contributed by atoms with E-state index in [9.17, 15) is 4.79 Å². The maximum absolute atomic E-state index is 11.0. The maximum atomic E-state index is 11.0. The van der Waals surface area contributed by atoms with Crippen LogP contribution in [0.15, 0.2) is 36.5 Å². The Hall–Kier alpha value is -2.67. The molecule has 0 saturated heterocycles. The molecule has 0 bridgehead atoms. The van der Waals surface area contributed by atoms with Gasteiger partial charge in [-0.05, 0) is 23.7 Å². The summed E-state index contributed by atoms with van der Waals surface area (Å²) in [5.74, 6) is 0.225. The van der Waals surface area contributed by atoms with Crippen molar-refractivity contribution in [1.29, 1.82) is 0 Å². The summed E-state index contributed by atoms with van der Waals surface area (Å²) in [4.78, 5) is 18.8. The van der Waals surface area contributed by atoms with E-state index in [0.29, 0.717) is 16.7 Å². The van der Waals surface area contributed by atoms with Crippen molar-refractivity contribution >= 4 is 34.5 Å². The van der Waals surface area contributed by atoms with Gasteiger partial charge in [0.05, 0.1) is 11.9 Å². The van der Waals surface area contributed by atoms with Crippen molar-refractivity contribution in [3.8, 4) is 5.69 Å². The van der Waals surface area contributed by atoms with Crippen LogP contribution in [0.5, 0.6) is 0 Å². The van der Waals surface area contributed by atoms with E-state index in [2.05, 4.69) is 20.4 Å². The molecule has 2 aromatic heterocycles. The third-order valence-electron chi connectivity index (χ3n) is 2.61. The van der Waals surface area contributed by atoms with E-state index in [-0.39, 0.29) is 11.1 Å². The minimum Gasteiger partial charge on any atom is -0.465 e. The van der Waals surface area contributed by atoms with Gasteiger partial charge in [0.1, 0.15) is 11.0 Å². The molecule has 0 saturated carbocycles. The largest absolute Gasteiger partial charge is 0.465 e. The number of para-hydroxylation sites is 1. The second-order valence-corrected chi connectivity index (χ2v) is 4.24. The van der Waals surface area contributed by atoms with Crippen LogP contribution in [0.1, 0.15) is 0 Å². The van der Waals surface area contributed by atoms with E-state index in [1.165, 1.54) is 10.9 Å². The van der Waals surface area contributed by atoms with Crippen LogP contribution in [0.25, 0.3) is 16.7 Å². The lowest BCUT2D eigenvalue weighted by atomic mass is 10.3. The number of rotatable bonds is 2. The molecule has 1 aromatic carbocycles. The number of amides is 1. The number of aromatic nitrogens is 4. The van der Waals surface area contributed by atoms with Crippen molar-refractivity contribution in [3.05, 3.63) is 41.8 Å². The zero-order valence-electron chi connectivity index (χ0n) is 9.99. The number of benzene rings is 1. The highest BCUT2D eigenvalue weighted by Crippen LogP contribution is 2.25. The van der Waals surface area contributed by atoms with E-state index < -0.39 is 6.09 Å². The third kappa shape index (κ3) is 2.14. The average Bonchev–Trinajstić information content (AvgIpc) is 2.77. The van der Waals surface area contributed by atoms with Gasteiger partial charge < -0.3 is 5.11 Å². The van der Waals surface area contributed by atoms with Crippen molar-refractivity contribution < 1.29 is 9.90 Å². The number of halogens is 1. The first kappa shape index (κ1) is 12.4. The van der Waals surface area contributed by atoms with Crippen LogP contribution in [0.2, 0.25) is 5.28 Å². The Morgan fingerprint density at radius 1 is 1.30 bits per heavy atom.